The fourth-order valence-electron chi connectivity index (χ4n) is 2.67. The number of rotatable bonds is 5. The molecule has 0 aromatic carbocycles. The number of hydrogen-bond acceptors (Lipinski definition) is 6. The van der Waals surface area contributed by atoms with Crippen LogP contribution in [0.25, 0.3) is 0 Å². The smallest absolute Gasteiger partial charge is 0.270 e. The van der Waals surface area contributed by atoms with E-state index >= 15 is 0 Å². The molecule has 0 fully saturated rings. The van der Waals surface area contributed by atoms with Gasteiger partial charge in [-0.2, -0.15) is 9.40 Å². The van der Waals surface area contributed by atoms with Crippen molar-refractivity contribution in [3.8, 4) is 0 Å². The quantitative estimate of drug-likeness (QED) is 0.830. The number of hydrogen-bond donors (Lipinski definition) is 1. The van der Waals surface area contributed by atoms with Gasteiger partial charge in [0.25, 0.3) is 5.91 Å². The van der Waals surface area contributed by atoms with Gasteiger partial charge in [-0.3, -0.25) is 9.48 Å². The number of amides is 1. The summed E-state index contributed by atoms with van der Waals surface area (Å²) >= 11 is 1.36. The Morgan fingerprint density at radius 1 is 1.46 bits per heavy atom. The van der Waals surface area contributed by atoms with Crippen LogP contribution in [0.15, 0.2) is 23.2 Å². The third kappa shape index (κ3) is 3.65. The number of carbonyl (C=O) groups is 1. The summed E-state index contributed by atoms with van der Waals surface area (Å²) in [4.78, 5) is 16.0. The van der Waals surface area contributed by atoms with Crippen molar-refractivity contribution >= 4 is 27.3 Å². The van der Waals surface area contributed by atoms with Crippen LogP contribution in [-0.4, -0.2) is 52.2 Å². The van der Waals surface area contributed by atoms with Gasteiger partial charge in [-0.25, -0.2) is 13.4 Å². The average molecular weight is 369 g/mol. The number of carbonyl (C=O) groups excluding carboxylic acids is 1. The van der Waals surface area contributed by atoms with Crippen LogP contribution in [0.5, 0.6) is 0 Å². The van der Waals surface area contributed by atoms with Crippen LogP contribution in [0, 0.1) is 5.92 Å². The lowest BCUT2D eigenvalue weighted by Gasteiger charge is -2.23. The molecule has 0 aliphatic carbocycles. The zero-order valence-corrected chi connectivity index (χ0v) is 14.9. The molecule has 3 rings (SSSR count). The Morgan fingerprint density at radius 2 is 2.29 bits per heavy atom. The number of aromatic nitrogens is 3. The van der Waals surface area contributed by atoms with Gasteiger partial charge in [-0.1, -0.05) is 0 Å². The van der Waals surface area contributed by atoms with Crippen molar-refractivity contribution in [1.29, 1.82) is 0 Å². The molecule has 24 heavy (non-hydrogen) atoms. The SMILES string of the molecule is CCS(=O)(=O)N1Cc2ccnn2CC(CNC(=O)c2cscn2)C1. The minimum atomic E-state index is -3.31. The number of fused-ring (bicyclic) bond motifs is 1. The molecule has 130 valence electrons. The molecule has 1 aliphatic rings. The van der Waals surface area contributed by atoms with Crippen LogP contribution in [0.2, 0.25) is 0 Å². The Labute approximate surface area is 144 Å². The molecule has 0 spiro atoms. The first-order chi connectivity index (χ1) is 11.5. The van der Waals surface area contributed by atoms with E-state index in [1.165, 1.54) is 15.6 Å². The predicted molar refractivity (Wildman–Crippen MR) is 90.0 cm³/mol. The van der Waals surface area contributed by atoms with Crippen LogP contribution in [0.1, 0.15) is 23.1 Å². The van der Waals surface area contributed by atoms with E-state index in [1.807, 2.05) is 10.7 Å². The standard InChI is InChI=1S/C14H19N5O3S2/c1-2-24(21,22)18-6-11(7-19-12(8-18)3-4-17-19)5-15-14(20)13-9-23-10-16-13/h3-4,9-11H,2,5-8H2,1H3,(H,15,20). The molecule has 10 heteroatoms. The summed E-state index contributed by atoms with van der Waals surface area (Å²) in [7, 11) is -3.31. The monoisotopic (exact) mass is 369 g/mol. The van der Waals surface area contributed by atoms with Gasteiger partial charge in [0.1, 0.15) is 5.69 Å². The molecule has 0 saturated carbocycles. The van der Waals surface area contributed by atoms with E-state index in [4.69, 9.17) is 0 Å². The normalized spacial score (nSPS) is 18.8. The Balaban J connectivity index is 1.73. The van der Waals surface area contributed by atoms with E-state index < -0.39 is 10.0 Å². The molecular weight excluding hydrogens is 350 g/mol. The second-order valence-corrected chi connectivity index (χ2v) is 8.62. The molecule has 1 atom stereocenters. The van der Waals surface area contributed by atoms with Gasteiger partial charge >= 0.3 is 0 Å². The Hall–Kier alpha value is -1.78. The fraction of sp³-hybridized carbons (Fsp3) is 0.500. The molecule has 0 radical (unpaired) electrons. The largest absolute Gasteiger partial charge is 0.350 e. The second kappa shape index (κ2) is 6.99. The fourth-order valence-corrected chi connectivity index (χ4v) is 4.33. The lowest BCUT2D eigenvalue weighted by atomic mass is 10.1. The maximum atomic E-state index is 12.3. The van der Waals surface area contributed by atoms with Gasteiger partial charge in [-0.15, -0.1) is 11.3 Å². The zero-order chi connectivity index (χ0) is 17.2. The second-order valence-electron chi connectivity index (χ2n) is 5.65. The summed E-state index contributed by atoms with van der Waals surface area (Å²) in [6.45, 7) is 3.24. The summed E-state index contributed by atoms with van der Waals surface area (Å²) in [5.74, 6) is -0.250. The van der Waals surface area contributed by atoms with Crippen LogP contribution >= 0.6 is 11.3 Å². The molecule has 1 amide bonds. The van der Waals surface area contributed by atoms with Gasteiger partial charge in [0, 0.05) is 37.1 Å². The summed E-state index contributed by atoms with van der Waals surface area (Å²) in [5, 5.41) is 8.78. The van der Waals surface area contributed by atoms with Gasteiger partial charge in [0.2, 0.25) is 10.0 Å². The molecular formula is C14H19N5O3S2. The summed E-state index contributed by atoms with van der Waals surface area (Å²) in [5.41, 5.74) is 2.85. The van der Waals surface area contributed by atoms with E-state index in [1.54, 1.807) is 24.0 Å². The van der Waals surface area contributed by atoms with Crippen molar-refractivity contribution in [1.82, 2.24) is 24.4 Å². The first-order valence-electron chi connectivity index (χ1n) is 7.64. The summed E-state index contributed by atoms with van der Waals surface area (Å²) < 4.78 is 27.9. The summed E-state index contributed by atoms with van der Waals surface area (Å²) in [6.07, 6.45) is 1.67. The first kappa shape index (κ1) is 17.1. The lowest BCUT2D eigenvalue weighted by molar-refractivity contribution is 0.0940. The van der Waals surface area contributed by atoms with E-state index in [9.17, 15) is 13.2 Å². The number of nitrogens with zero attached hydrogens (tertiary/aromatic N) is 4. The molecule has 0 bridgehead atoms. The highest BCUT2D eigenvalue weighted by Crippen LogP contribution is 2.18. The molecule has 2 aromatic rings. The Kier molecular flexibility index (Phi) is 4.97. The van der Waals surface area contributed by atoms with Gasteiger partial charge in [0.15, 0.2) is 0 Å². The number of thiazole rings is 1. The molecule has 3 heterocycles. The van der Waals surface area contributed by atoms with E-state index in [0.29, 0.717) is 31.9 Å². The average Bonchev–Trinajstić information content (AvgIpc) is 3.21. The van der Waals surface area contributed by atoms with Crippen LogP contribution in [0.3, 0.4) is 0 Å². The number of nitrogens with one attached hydrogen (secondary N) is 1. The highest BCUT2D eigenvalue weighted by atomic mass is 32.2. The third-order valence-corrected chi connectivity index (χ3v) is 6.39. The topological polar surface area (TPSA) is 97.2 Å². The van der Waals surface area contributed by atoms with Crippen molar-refractivity contribution in [3.05, 3.63) is 34.5 Å². The van der Waals surface area contributed by atoms with E-state index in [2.05, 4.69) is 15.4 Å². The van der Waals surface area contributed by atoms with Crippen LogP contribution in [-0.2, 0) is 23.1 Å². The van der Waals surface area contributed by atoms with Gasteiger partial charge in [-0.05, 0) is 13.0 Å². The van der Waals surface area contributed by atoms with Crippen LogP contribution < -0.4 is 5.32 Å². The highest BCUT2D eigenvalue weighted by molar-refractivity contribution is 7.89. The Morgan fingerprint density at radius 3 is 3.00 bits per heavy atom. The Bertz CT molecular complexity index is 800. The van der Waals surface area contributed by atoms with E-state index in [-0.39, 0.29) is 17.6 Å². The maximum Gasteiger partial charge on any atom is 0.270 e. The van der Waals surface area contributed by atoms with Crippen LogP contribution in [0.4, 0.5) is 0 Å². The molecule has 0 saturated heterocycles. The molecule has 1 unspecified atom stereocenters. The molecule has 2 aromatic heterocycles. The highest BCUT2D eigenvalue weighted by Gasteiger charge is 2.29. The van der Waals surface area contributed by atoms with Crippen molar-refractivity contribution < 1.29 is 13.2 Å². The third-order valence-electron chi connectivity index (χ3n) is 4.01. The van der Waals surface area contributed by atoms with Crippen molar-refractivity contribution in [3.63, 3.8) is 0 Å². The van der Waals surface area contributed by atoms with Crippen molar-refractivity contribution in [2.45, 2.75) is 20.0 Å². The molecule has 1 aliphatic heterocycles. The lowest BCUT2D eigenvalue weighted by Crippen LogP contribution is -2.39. The minimum absolute atomic E-state index is 0.0546. The van der Waals surface area contributed by atoms with Crippen molar-refractivity contribution in [2.75, 3.05) is 18.8 Å². The molecule has 8 nitrogen and oxygen atoms in total. The predicted octanol–water partition coefficient (Wildman–Crippen LogP) is 0.551. The zero-order valence-electron chi connectivity index (χ0n) is 13.3. The minimum Gasteiger partial charge on any atom is -0.350 e. The van der Waals surface area contributed by atoms with Gasteiger partial charge < -0.3 is 5.32 Å². The van der Waals surface area contributed by atoms with E-state index in [0.717, 1.165) is 5.69 Å². The number of sulfonamides is 1. The molecule has 1 N–H and O–H groups in total. The maximum absolute atomic E-state index is 12.3. The van der Waals surface area contributed by atoms with Crippen molar-refractivity contribution in [2.24, 2.45) is 5.92 Å². The van der Waals surface area contributed by atoms with Gasteiger partial charge in [0.05, 0.1) is 23.5 Å². The first-order valence-corrected chi connectivity index (χ1v) is 10.2. The summed E-state index contributed by atoms with van der Waals surface area (Å²) in [6, 6.07) is 1.83.